The largest absolute Gasteiger partial charge is 0.401 e. The van der Waals surface area contributed by atoms with Gasteiger partial charge in [-0.3, -0.25) is 4.79 Å². The summed E-state index contributed by atoms with van der Waals surface area (Å²) in [6.45, 7) is 0.0790. The van der Waals surface area contributed by atoms with Crippen LogP contribution in [0.4, 0.5) is 13.2 Å². The molecule has 1 fully saturated rings. The molecule has 0 radical (unpaired) electrons. The molecule has 0 aromatic heterocycles. The second kappa shape index (κ2) is 6.94. The average molecular weight is 267 g/mol. The van der Waals surface area contributed by atoms with Gasteiger partial charge in [0.25, 0.3) is 0 Å². The zero-order valence-corrected chi connectivity index (χ0v) is 10.5. The fourth-order valence-electron chi connectivity index (χ4n) is 2.01. The zero-order chi connectivity index (χ0) is 13.6. The van der Waals surface area contributed by atoms with E-state index in [-0.39, 0.29) is 6.54 Å². The Bertz CT molecular complexity index is 271. The summed E-state index contributed by atoms with van der Waals surface area (Å²) in [5, 5.41) is 4.73. The van der Waals surface area contributed by atoms with Gasteiger partial charge < -0.3 is 15.5 Å². The van der Waals surface area contributed by atoms with Gasteiger partial charge in [0, 0.05) is 12.6 Å². The van der Waals surface area contributed by atoms with E-state index in [1.165, 1.54) is 0 Å². The average Bonchev–Trinajstić information content (AvgIpc) is 2.26. The summed E-state index contributed by atoms with van der Waals surface area (Å²) >= 11 is 0. The summed E-state index contributed by atoms with van der Waals surface area (Å²) in [7, 11) is 2.00. The molecular formula is C11H20F3N3O. The number of alkyl halides is 3. The van der Waals surface area contributed by atoms with Crippen molar-refractivity contribution in [1.29, 1.82) is 0 Å². The fourth-order valence-corrected chi connectivity index (χ4v) is 2.01. The van der Waals surface area contributed by atoms with Gasteiger partial charge in [-0.25, -0.2) is 0 Å². The molecule has 18 heavy (non-hydrogen) atoms. The number of amides is 1. The van der Waals surface area contributed by atoms with Crippen molar-refractivity contribution in [1.82, 2.24) is 15.5 Å². The molecule has 1 amide bonds. The highest BCUT2D eigenvalue weighted by Gasteiger charge is 2.26. The van der Waals surface area contributed by atoms with Crippen molar-refractivity contribution in [3.8, 4) is 0 Å². The van der Waals surface area contributed by atoms with Crippen LogP contribution in [0, 0.1) is 0 Å². The Morgan fingerprint density at radius 2 is 2.11 bits per heavy atom. The van der Waals surface area contributed by atoms with Crippen LogP contribution < -0.4 is 10.6 Å². The van der Waals surface area contributed by atoms with Crippen molar-refractivity contribution in [2.45, 2.75) is 31.5 Å². The minimum atomic E-state index is -4.27. The Kier molecular flexibility index (Phi) is 5.87. The van der Waals surface area contributed by atoms with Gasteiger partial charge in [0.05, 0.1) is 13.1 Å². The first-order valence-corrected chi connectivity index (χ1v) is 6.13. The molecule has 1 saturated heterocycles. The highest BCUT2D eigenvalue weighted by atomic mass is 19.4. The molecule has 4 nitrogen and oxygen atoms in total. The first-order valence-electron chi connectivity index (χ1n) is 6.13. The maximum absolute atomic E-state index is 11.8. The molecule has 1 heterocycles. The van der Waals surface area contributed by atoms with Crippen molar-refractivity contribution in [3.05, 3.63) is 0 Å². The highest BCUT2D eigenvalue weighted by Crippen LogP contribution is 2.14. The van der Waals surface area contributed by atoms with Gasteiger partial charge >= 0.3 is 6.18 Å². The fraction of sp³-hybridized carbons (Fsp3) is 0.909. The number of halogens is 3. The number of carbonyl (C=O) groups is 1. The number of hydrogen-bond acceptors (Lipinski definition) is 3. The molecule has 106 valence electrons. The van der Waals surface area contributed by atoms with E-state index in [1.807, 2.05) is 7.05 Å². The lowest BCUT2D eigenvalue weighted by Gasteiger charge is -2.32. The van der Waals surface area contributed by atoms with E-state index in [0.29, 0.717) is 12.6 Å². The minimum absolute atomic E-state index is 0.296. The molecule has 1 rings (SSSR count). The maximum Gasteiger partial charge on any atom is 0.401 e. The number of hydrogen-bond donors (Lipinski definition) is 2. The topological polar surface area (TPSA) is 44.4 Å². The van der Waals surface area contributed by atoms with Crippen molar-refractivity contribution in [2.24, 2.45) is 0 Å². The normalized spacial score (nSPS) is 21.9. The molecule has 0 saturated carbocycles. The number of carbonyl (C=O) groups excluding carboxylic acids is 1. The molecule has 0 aromatic carbocycles. The van der Waals surface area contributed by atoms with Gasteiger partial charge in [-0.05, 0) is 26.4 Å². The Morgan fingerprint density at radius 3 is 2.72 bits per heavy atom. The van der Waals surface area contributed by atoms with Crippen LogP contribution in [-0.2, 0) is 4.79 Å². The van der Waals surface area contributed by atoms with E-state index >= 15 is 0 Å². The molecule has 1 aliphatic heterocycles. The zero-order valence-electron chi connectivity index (χ0n) is 10.5. The van der Waals surface area contributed by atoms with E-state index in [0.717, 1.165) is 25.8 Å². The molecule has 1 atom stereocenters. The summed E-state index contributed by atoms with van der Waals surface area (Å²) in [6.07, 6.45) is -0.956. The van der Waals surface area contributed by atoms with Crippen LogP contribution in [0.15, 0.2) is 0 Å². The molecule has 0 spiro atoms. The van der Waals surface area contributed by atoms with Crippen LogP contribution in [0.1, 0.15) is 19.3 Å². The number of likely N-dealkylation sites (N-methyl/N-ethyl adjacent to an activating group) is 1. The van der Waals surface area contributed by atoms with Crippen molar-refractivity contribution in [2.75, 3.05) is 33.2 Å². The second-order valence-corrected chi connectivity index (χ2v) is 4.65. The molecule has 7 heteroatoms. The molecule has 0 bridgehead atoms. The summed E-state index contributed by atoms with van der Waals surface area (Å²) < 4.78 is 35.5. The van der Waals surface area contributed by atoms with E-state index in [4.69, 9.17) is 0 Å². The number of piperidine rings is 1. The summed E-state index contributed by atoms with van der Waals surface area (Å²) in [6, 6.07) is 0.297. The van der Waals surface area contributed by atoms with Crippen LogP contribution in [0.5, 0.6) is 0 Å². The lowest BCUT2D eigenvalue weighted by atomic mass is 10.0. The lowest BCUT2D eigenvalue weighted by molar-refractivity contribution is -0.128. The SMILES string of the molecule is CN1CCCCC1CNC(=O)CNCC(F)(F)F. The van der Waals surface area contributed by atoms with Crippen molar-refractivity contribution < 1.29 is 18.0 Å². The lowest BCUT2D eigenvalue weighted by Crippen LogP contribution is -2.46. The molecule has 0 aromatic rings. The van der Waals surface area contributed by atoms with Gasteiger partial charge in [0.1, 0.15) is 0 Å². The molecule has 1 aliphatic rings. The number of nitrogens with zero attached hydrogens (tertiary/aromatic N) is 1. The van der Waals surface area contributed by atoms with Gasteiger partial charge in [-0.1, -0.05) is 6.42 Å². The Hall–Kier alpha value is -0.820. The standard InChI is InChI=1S/C11H20F3N3O/c1-17-5-3-2-4-9(17)6-16-10(18)7-15-8-11(12,13)14/h9,15H,2-8H2,1H3,(H,16,18). The van der Waals surface area contributed by atoms with Crippen LogP contribution in [0.2, 0.25) is 0 Å². The summed E-state index contributed by atoms with van der Waals surface area (Å²) in [5.74, 6) is -0.391. The quantitative estimate of drug-likeness (QED) is 0.772. The van der Waals surface area contributed by atoms with Gasteiger partial charge in [0.15, 0.2) is 0 Å². The second-order valence-electron chi connectivity index (χ2n) is 4.65. The van der Waals surface area contributed by atoms with Crippen LogP contribution in [-0.4, -0.2) is 56.3 Å². The van der Waals surface area contributed by atoms with Gasteiger partial charge in [-0.2, -0.15) is 13.2 Å². The smallest absolute Gasteiger partial charge is 0.353 e. The van der Waals surface area contributed by atoms with Crippen molar-refractivity contribution >= 4 is 5.91 Å². The number of nitrogens with one attached hydrogen (secondary N) is 2. The third-order valence-electron chi connectivity index (χ3n) is 3.07. The predicted octanol–water partition coefficient (Wildman–Crippen LogP) is 0.739. The molecule has 0 aliphatic carbocycles. The van der Waals surface area contributed by atoms with Crippen LogP contribution in [0.3, 0.4) is 0 Å². The van der Waals surface area contributed by atoms with E-state index in [1.54, 1.807) is 0 Å². The molecular weight excluding hydrogens is 247 g/mol. The third-order valence-corrected chi connectivity index (χ3v) is 3.07. The molecule has 2 N–H and O–H groups in total. The van der Waals surface area contributed by atoms with E-state index in [9.17, 15) is 18.0 Å². The molecule has 1 unspecified atom stereocenters. The summed E-state index contributed by atoms with van der Waals surface area (Å²) in [4.78, 5) is 13.5. The number of likely N-dealkylation sites (tertiary alicyclic amines) is 1. The first-order chi connectivity index (χ1) is 8.38. The Morgan fingerprint density at radius 1 is 1.39 bits per heavy atom. The Labute approximate surface area is 105 Å². The first kappa shape index (κ1) is 15.2. The van der Waals surface area contributed by atoms with Gasteiger partial charge in [-0.15, -0.1) is 0 Å². The van der Waals surface area contributed by atoms with Crippen LogP contribution >= 0.6 is 0 Å². The monoisotopic (exact) mass is 267 g/mol. The number of rotatable bonds is 5. The highest BCUT2D eigenvalue weighted by molar-refractivity contribution is 5.78. The maximum atomic E-state index is 11.8. The minimum Gasteiger partial charge on any atom is -0.353 e. The summed E-state index contributed by atoms with van der Waals surface area (Å²) in [5.41, 5.74) is 0. The van der Waals surface area contributed by atoms with Gasteiger partial charge in [0.2, 0.25) is 5.91 Å². The predicted molar refractivity (Wildman–Crippen MR) is 62.2 cm³/mol. The van der Waals surface area contributed by atoms with Crippen molar-refractivity contribution in [3.63, 3.8) is 0 Å². The van der Waals surface area contributed by atoms with E-state index in [2.05, 4.69) is 15.5 Å². The van der Waals surface area contributed by atoms with Crippen LogP contribution in [0.25, 0.3) is 0 Å². The van der Waals surface area contributed by atoms with E-state index < -0.39 is 18.6 Å². The third kappa shape index (κ3) is 6.20. The Balaban J connectivity index is 2.13.